The van der Waals surface area contributed by atoms with Gasteiger partial charge in [-0.1, -0.05) is 110 Å². The summed E-state index contributed by atoms with van der Waals surface area (Å²) < 4.78 is 18.5. The molecule has 0 amide bonds. The third-order valence-corrected chi connectivity index (χ3v) is 8.01. The molecule has 34 heavy (non-hydrogen) atoms. The molecule has 0 spiro atoms. The van der Waals surface area contributed by atoms with Crippen molar-refractivity contribution in [3.8, 4) is 0 Å². The number of Topliss-reactive ketones (excluding diaryl/α,β-unsaturated/α-hetero) is 1. The number of nitrogens with zero attached hydrogens (tertiary/aromatic N) is 1. The van der Waals surface area contributed by atoms with Crippen LogP contribution < -0.4 is 0 Å². The van der Waals surface area contributed by atoms with E-state index in [-0.39, 0.29) is 24.5 Å². The largest absolute Gasteiger partial charge is 0.333 e. The minimum atomic E-state index is -3.60. The minimum Gasteiger partial charge on any atom is -0.330 e. The van der Waals surface area contributed by atoms with Crippen molar-refractivity contribution in [3.63, 3.8) is 0 Å². The Balaban J connectivity index is 3.90. The van der Waals surface area contributed by atoms with E-state index in [1.54, 1.807) is 0 Å². The molecular formula is C28H59NO4P+. The molecule has 5 nitrogen and oxygen atoms in total. The highest BCUT2D eigenvalue weighted by Gasteiger charge is 2.25. The van der Waals surface area contributed by atoms with Crippen molar-refractivity contribution >= 4 is 13.4 Å². The van der Waals surface area contributed by atoms with Crippen molar-refractivity contribution < 1.29 is 23.3 Å². The van der Waals surface area contributed by atoms with Gasteiger partial charge in [-0.2, -0.15) is 0 Å². The van der Waals surface area contributed by atoms with E-state index >= 15 is 0 Å². The fraction of sp³-hybridized carbons (Fsp3) is 0.964. The molecular weight excluding hydrogens is 445 g/mol. The molecule has 0 heterocycles. The third kappa shape index (κ3) is 23.5. The first-order valence-electron chi connectivity index (χ1n) is 14.4. The van der Waals surface area contributed by atoms with Crippen LogP contribution in [-0.4, -0.2) is 55.6 Å². The minimum absolute atomic E-state index is 0.0547. The summed E-state index contributed by atoms with van der Waals surface area (Å²) in [5, 5.41) is 0. The van der Waals surface area contributed by atoms with Crippen LogP contribution in [0.5, 0.6) is 0 Å². The molecule has 0 radical (unpaired) electrons. The SMILES string of the molecule is CCCCCCCCCCCCCCCCCC(COP(=O)(O)CC[N+](C)(C)C)CC(=O)CC. The Kier molecular flexibility index (Phi) is 20.8. The van der Waals surface area contributed by atoms with Crippen LogP contribution in [0.4, 0.5) is 0 Å². The molecule has 0 fully saturated rings. The molecule has 1 N–H and O–H groups in total. The molecule has 2 unspecified atom stereocenters. The Bertz CT molecular complexity index is 533. The van der Waals surface area contributed by atoms with E-state index in [9.17, 15) is 14.3 Å². The zero-order chi connectivity index (χ0) is 25.7. The number of unbranched alkanes of at least 4 members (excludes halogenated alkanes) is 14. The summed E-state index contributed by atoms with van der Waals surface area (Å²) >= 11 is 0. The Morgan fingerprint density at radius 3 is 1.65 bits per heavy atom. The summed E-state index contributed by atoms with van der Waals surface area (Å²) in [6, 6.07) is 0. The highest BCUT2D eigenvalue weighted by atomic mass is 31.2. The number of ketones is 1. The summed E-state index contributed by atoms with van der Waals surface area (Å²) in [7, 11) is 2.40. The number of carbonyl (C=O) groups excluding carboxylic acids is 1. The predicted octanol–water partition coefficient (Wildman–Crippen LogP) is 8.14. The Morgan fingerprint density at radius 1 is 0.794 bits per heavy atom. The number of rotatable bonds is 25. The van der Waals surface area contributed by atoms with E-state index in [2.05, 4.69) is 6.92 Å². The Labute approximate surface area is 212 Å². The van der Waals surface area contributed by atoms with Crippen molar-refractivity contribution in [1.29, 1.82) is 0 Å². The van der Waals surface area contributed by atoms with Crippen molar-refractivity contribution in [1.82, 2.24) is 0 Å². The van der Waals surface area contributed by atoms with Crippen LogP contribution in [0, 0.1) is 5.92 Å². The number of quaternary nitrogens is 1. The van der Waals surface area contributed by atoms with Gasteiger partial charge >= 0.3 is 7.60 Å². The predicted molar refractivity (Wildman–Crippen MR) is 146 cm³/mol. The summed E-state index contributed by atoms with van der Waals surface area (Å²) in [6.07, 6.45) is 22.1. The van der Waals surface area contributed by atoms with Gasteiger partial charge in [0.2, 0.25) is 0 Å². The normalized spacial score (nSPS) is 14.8. The van der Waals surface area contributed by atoms with Gasteiger partial charge in [0.1, 0.15) is 5.78 Å². The summed E-state index contributed by atoms with van der Waals surface area (Å²) in [6.45, 7) is 4.96. The van der Waals surface area contributed by atoms with Gasteiger partial charge in [-0.3, -0.25) is 9.36 Å². The maximum atomic E-state index is 12.4. The molecule has 0 aliphatic rings. The van der Waals surface area contributed by atoms with E-state index in [0.717, 1.165) is 12.8 Å². The second-order valence-electron chi connectivity index (χ2n) is 11.4. The standard InChI is InChI=1S/C28H58NO4P/c1-6-8-9-10-11-12-13-14-15-16-17-18-19-20-21-22-27(25-28(30)7-2)26-33-34(31,32)24-23-29(3,4)5/h27H,6-26H2,1-5H3/p+1. The molecule has 0 aromatic heterocycles. The highest BCUT2D eigenvalue weighted by molar-refractivity contribution is 7.52. The lowest BCUT2D eigenvalue weighted by Crippen LogP contribution is -2.37. The first-order valence-corrected chi connectivity index (χ1v) is 16.1. The Morgan fingerprint density at radius 2 is 1.24 bits per heavy atom. The van der Waals surface area contributed by atoms with Crippen LogP contribution in [0.15, 0.2) is 0 Å². The van der Waals surface area contributed by atoms with Crippen LogP contribution in [0.1, 0.15) is 129 Å². The molecule has 0 saturated heterocycles. The summed E-state index contributed by atoms with van der Waals surface area (Å²) in [4.78, 5) is 22.1. The van der Waals surface area contributed by atoms with Crippen molar-refractivity contribution in [2.75, 3.05) is 40.5 Å². The number of hydrogen-bond donors (Lipinski definition) is 1. The monoisotopic (exact) mass is 504 g/mol. The lowest BCUT2D eigenvalue weighted by molar-refractivity contribution is -0.867. The first-order chi connectivity index (χ1) is 16.1. The van der Waals surface area contributed by atoms with Gasteiger partial charge in [-0.15, -0.1) is 0 Å². The van der Waals surface area contributed by atoms with Crippen molar-refractivity contribution in [2.45, 2.75) is 129 Å². The van der Waals surface area contributed by atoms with Gasteiger partial charge in [0.25, 0.3) is 0 Å². The molecule has 0 bridgehead atoms. The van der Waals surface area contributed by atoms with Gasteiger partial charge in [-0.25, -0.2) is 0 Å². The average molecular weight is 505 g/mol. The topological polar surface area (TPSA) is 63.6 Å². The van der Waals surface area contributed by atoms with Gasteiger partial charge in [0.15, 0.2) is 0 Å². The molecule has 0 aromatic rings. The number of carbonyl (C=O) groups is 1. The second-order valence-corrected chi connectivity index (χ2v) is 13.4. The van der Waals surface area contributed by atoms with E-state index < -0.39 is 7.60 Å². The van der Waals surface area contributed by atoms with Crippen molar-refractivity contribution in [2.24, 2.45) is 5.92 Å². The van der Waals surface area contributed by atoms with E-state index in [0.29, 0.717) is 23.9 Å². The van der Waals surface area contributed by atoms with Crippen LogP contribution in [0.3, 0.4) is 0 Å². The van der Waals surface area contributed by atoms with Crippen molar-refractivity contribution in [3.05, 3.63) is 0 Å². The third-order valence-electron chi connectivity index (χ3n) is 6.69. The fourth-order valence-electron chi connectivity index (χ4n) is 4.23. The maximum Gasteiger partial charge on any atom is 0.333 e. The first kappa shape index (κ1) is 33.8. The van der Waals surface area contributed by atoms with Gasteiger partial charge in [0, 0.05) is 12.8 Å². The molecule has 2 atom stereocenters. The summed E-state index contributed by atoms with van der Waals surface area (Å²) in [5.74, 6) is 0.271. The smallest absolute Gasteiger partial charge is 0.330 e. The lowest BCUT2D eigenvalue weighted by atomic mass is 9.95. The summed E-state index contributed by atoms with van der Waals surface area (Å²) in [5.41, 5.74) is 0. The zero-order valence-electron chi connectivity index (χ0n) is 23.5. The van der Waals surface area contributed by atoms with Crippen LogP contribution in [0.25, 0.3) is 0 Å². The fourth-order valence-corrected chi connectivity index (χ4v) is 5.65. The molecule has 0 saturated carbocycles. The molecule has 0 aromatic carbocycles. The second kappa shape index (κ2) is 20.9. The Hall–Kier alpha value is -0.220. The van der Waals surface area contributed by atoms with Gasteiger partial charge < -0.3 is 13.9 Å². The van der Waals surface area contributed by atoms with Gasteiger partial charge in [0.05, 0.1) is 40.5 Å². The highest BCUT2D eigenvalue weighted by Crippen LogP contribution is 2.42. The lowest BCUT2D eigenvalue weighted by Gasteiger charge is -2.25. The number of hydrogen-bond acceptors (Lipinski definition) is 3. The zero-order valence-corrected chi connectivity index (χ0v) is 24.4. The average Bonchev–Trinajstić information content (AvgIpc) is 2.78. The van der Waals surface area contributed by atoms with E-state index in [1.807, 2.05) is 28.1 Å². The van der Waals surface area contributed by atoms with Crippen LogP contribution in [-0.2, 0) is 13.9 Å². The quantitative estimate of drug-likeness (QED) is 0.0774. The van der Waals surface area contributed by atoms with E-state index in [1.165, 1.54) is 89.9 Å². The molecule has 6 heteroatoms. The maximum absolute atomic E-state index is 12.4. The van der Waals surface area contributed by atoms with E-state index in [4.69, 9.17) is 4.52 Å². The molecule has 0 aliphatic heterocycles. The molecule has 0 aliphatic carbocycles. The van der Waals surface area contributed by atoms with Crippen LogP contribution in [0.2, 0.25) is 0 Å². The molecule has 204 valence electrons. The van der Waals surface area contributed by atoms with Crippen LogP contribution >= 0.6 is 7.60 Å². The molecule has 0 rings (SSSR count). The van der Waals surface area contributed by atoms with Gasteiger partial charge in [-0.05, 0) is 12.3 Å².